The highest BCUT2D eigenvalue weighted by molar-refractivity contribution is 5.95. The van der Waals surface area contributed by atoms with Gasteiger partial charge in [0.2, 0.25) is 0 Å². The van der Waals surface area contributed by atoms with E-state index in [1.165, 1.54) is 19.2 Å². The van der Waals surface area contributed by atoms with Crippen LogP contribution in [0.4, 0.5) is 5.69 Å². The lowest BCUT2D eigenvalue weighted by molar-refractivity contribution is 0.0583. The van der Waals surface area contributed by atoms with Crippen LogP contribution in [0.5, 0.6) is 0 Å². The second kappa shape index (κ2) is 6.52. The Bertz CT molecular complexity index is 1020. The quantitative estimate of drug-likeness (QED) is 0.495. The molecule has 0 saturated heterocycles. The third-order valence-electron chi connectivity index (χ3n) is 3.64. The SMILES string of the molecule is COC(=O)c1ccc(C(=O)ONc2ccc3[nH]c(=O)[nH]c3c2)c(C)c1. The predicted molar refractivity (Wildman–Crippen MR) is 90.5 cm³/mol. The normalized spacial score (nSPS) is 10.5. The van der Waals surface area contributed by atoms with Crippen molar-refractivity contribution in [1.82, 2.24) is 9.97 Å². The smallest absolute Gasteiger partial charge is 0.363 e. The Balaban J connectivity index is 1.73. The molecule has 0 aliphatic heterocycles. The molecule has 2 aromatic carbocycles. The zero-order valence-corrected chi connectivity index (χ0v) is 13.5. The molecule has 128 valence electrons. The largest absolute Gasteiger partial charge is 0.465 e. The first-order chi connectivity index (χ1) is 12.0. The fourth-order valence-corrected chi connectivity index (χ4v) is 2.39. The maximum atomic E-state index is 12.2. The average Bonchev–Trinajstić information content (AvgIpc) is 2.98. The number of aryl methyl sites for hydroxylation is 1. The van der Waals surface area contributed by atoms with Crippen molar-refractivity contribution in [2.24, 2.45) is 0 Å². The summed E-state index contributed by atoms with van der Waals surface area (Å²) in [5.41, 5.74) is 5.22. The molecule has 0 saturated carbocycles. The van der Waals surface area contributed by atoms with Crippen molar-refractivity contribution in [1.29, 1.82) is 0 Å². The molecule has 1 heterocycles. The Morgan fingerprint density at radius 3 is 2.48 bits per heavy atom. The number of aromatic amines is 2. The summed E-state index contributed by atoms with van der Waals surface area (Å²) in [7, 11) is 1.29. The number of methoxy groups -OCH3 is 1. The van der Waals surface area contributed by atoms with Gasteiger partial charge in [-0.15, -0.1) is 0 Å². The van der Waals surface area contributed by atoms with Crippen LogP contribution in [0.3, 0.4) is 0 Å². The van der Waals surface area contributed by atoms with E-state index in [4.69, 9.17) is 4.84 Å². The van der Waals surface area contributed by atoms with E-state index in [1.807, 2.05) is 0 Å². The Morgan fingerprint density at radius 2 is 1.76 bits per heavy atom. The van der Waals surface area contributed by atoms with E-state index >= 15 is 0 Å². The highest BCUT2D eigenvalue weighted by Crippen LogP contribution is 2.17. The van der Waals surface area contributed by atoms with E-state index in [0.29, 0.717) is 33.4 Å². The fourth-order valence-electron chi connectivity index (χ4n) is 2.39. The monoisotopic (exact) mass is 341 g/mol. The van der Waals surface area contributed by atoms with Crippen LogP contribution < -0.4 is 11.2 Å². The molecule has 8 heteroatoms. The van der Waals surface area contributed by atoms with Crippen molar-refractivity contribution in [3.8, 4) is 0 Å². The van der Waals surface area contributed by atoms with Crippen molar-refractivity contribution in [2.75, 3.05) is 12.6 Å². The van der Waals surface area contributed by atoms with Gasteiger partial charge in [0.05, 0.1) is 35.0 Å². The van der Waals surface area contributed by atoms with Gasteiger partial charge in [0.15, 0.2) is 0 Å². The molecule has 0 unspecified atom stereocenters. The van der Waals surface area contributed by atoms with Gasteiger partial charge in [-0.25, -0.2) is 19.9 Å². The summed E-state index contributed by atoms with van der Waals surface area (Å²) in [6, 6.07) is 9.52. The Hall–Kier alpha value is -3.55. The zero-order valence-electron chi connectivity index (χ0n) is 13.5. The topological polar surface area (TPSA) is 113 Å². The summed E-state index contributed by atoms with van der Waals surface area (Å²) < 4.78 is 4.64. The van der Waals surface area contributed by atoms with Crippen molar-refractivity contribution in [3.63, 3.8) is 0 Å². The summed E-state index contributed by atoms with van der Waals surface area (Å²) in [6.45, 7) is 1.69. The number of esters is 1. The number of hydrogen-bond donors (Lipinski definition) is 3. The van der Waals surface area contributed by atoms with Gasteiger partial charge in [-0.3, -0.25) is 0 Å². The number of nitrogens with one attached hydrogen (secondary N) is 3. The summed E-state index contributed by atoms with van der Waals surface area (Å²) in [5, 5.41) is 0. The first-order valence-corrected chi connectivity index (χ1v) is 7.36. The van der Waals surface area contributed by atoms with Gasteiger partial charge >= 0.3 is 17.6 Å². The van der Waals surface area contributed by atoms with Gasteiger partial charge in [0.25, 0.3) is 0 Å². The minimum absolute atomic E-state index is 0.314. The summed E-state index contributed by atoms with van der Waals surface area (Å²) in [6.07, 6.45) is 0. The van der Waals surface area contributed by atoms with Crippen molar-refractivity contribution in [3.05, 3.63) is 63.6 Å². The van der Waals surface area contributed by atoms with Gasteiger partial charge < -0.3 is 19.5 Å². The molecular weight excluding hydrogens is 326 g/mol. The molecule has 25 heavy (non-hydrogen) atoms. The number of carbonyl (C=O) groups is 2. The molecule has 8 nitrogen and oxygen atoms in total. The van der Waals surface area contributed by atoms with Crippen LogP contribution in [0, 0.1) is 6.92 Å². The summed E-state index contributed by atoms with van der Waals surface area (Å²) >= 11 is 0. The van der Waals surface area contributed by atoms with Crippen LogP contribution in [0.25, 0.3) is 11.0 Å². The van der Waals surface area contributed by atoms with E-state index in [9.17, 15) is 14.4 Å². The Labute approximate surface area is 141 Å². The molecule has 3 N–H and O–H groups in total. The summed E-state index contributed by atoms with van der Waals surface area (Å²) in [4.78, 5) is 45.2. The van der Waals surface area contributed by atoms with E-state index in [2.05, 4.69) is 20.2 Å². The fraction of sp³-hybridized carbons (Fsp3) is 0.118. The molecule has 0 aliphatic rings. The van der Waals surface area contributed by atoms with E-state index < -0.39 is 11.9 Å². The molecule has 0 spiro atoms. The van der Waals surface area contributed by atoms with E-state index in [0.717, 1.165) is 0 Å². The number of ether oxygens (including phenoxy) is 1. The molecule has 3 rings (SSSR count). The second-order valence-corrected chi connectivity index (χ2v) is 5.35. The average molecular weight is 341 g/mol. The number of carbonyl (C=O) groups excluding carboxylic acids is 2. The molecule has 0 aliphatic carbocycles. The molecule has 3 aromatic rings. The minimum atomic E-state index is -0.600. The lowest BCUT2D eigenvalue weighted by atomic mass is 10.1. The highest BCUT2D eigenvalue weighted by atomic mass is 16.7. The number of fused-ring (bicyclic) bond motifs is 1. The van der Waals surface area contributed by atoms with Gasteiger partial charge in [0, 0.05) is 0 Å². The minimum Gasteiger partial charge on any atom is -0.465 e. The zero-order chi connectivity index (χ0) is 18.0. The van der Waals surface area contributed by atoms with Crippen LogP contribution in [0.15, 0.2) is 41.2 Å². The summed E-state index contributed by atoms with van der Waals surface area (Å²) in [5.74, 6) is -1.08. The van der Waals surface area contributed by atoms with Crippen molar-refractivity contribution in [2.45, 2.75) is 6.92 Å². The second-order valence-electron chi connectivity index (χ2n) is 5.35. The number of hydrogen-bond acceptors (Lipinski definition) is 6. The Kier molecular flexibility index (Phi) is 4.25. The third-order valence-corrected chi connectivity index (χ3v) is 3.64. The Morgan fingerprint density at radius 1 is 1.00 bits per heavy atom. The van der Waals surface area contributed by atoms with Crippen molar-refractivity contribution >= 4 is 28.7 Å². The first kappa shape index (κ1) is 16.3. The van der Waals surface area contributed by atoms with Crippen molar-refractivity contribution < 1.29 is 19.2 Å². The number of aromatic nitrogens is 2. The lowest BCUT2D eigenvalue weighted by Crippen LogP contribution is -2.13. The van der Waals surface area contributed by atoms with E-state index in [-0.39, 0.29) is 5.69 Å². The van der Waals surface area contributed by atoms with Crippen LogP contribution in [-0.2, 0) is 9.57 Å². The molecule has 0 amide bonds. The standard InChI is InChI=1S/C17H15N3O5/c1-9-7-10(15(21)24-2)3-5-12(9)16(22)25-20-11-4-6-13-14(8-11)19-17(23)18-13/h3-8,20H,1-2H3,(H2,18,19,23). The highest BCUT2D eigenvalue weighted by Gasteiger charge is 2.14. The van der Waals surface area contributed by atoms with Crippen LogP contribution in [0.2, 0.25) is 0 Å². The number of anilines is 1. The van der Waals surface area contributed by atoms with Gasteiger partial charge in [-0.1, -0.05) is 0 Å². The predicted octanol–water partition coefficient (Wildman–Crippen LogP) is 2.14. The number of imidazole rings is 1. The van der Waals surface area contributed by atoms with Crippen LogP contribution >= 0.6 is 0 Å². The number of benzene rings is 2. The maximum Gasteiger partial charge on any atom is 0.363 e. The van der Waals surface area contributed by atoms with Crippen LogP contribution in [-0.4, -0.2) is 29.0 Å². The number of H-pyrrole nitrogens is 2. The molecule has 0 bridgehead atoms. The van der Waals surface area contributed by atoms with Gasteiger partial charge in [-0.2, -0.15) is 0 Å². The molecule has 0 atom stereocenters. The molecule has 1 aromatic heterocycles. The lowest BCUT2D eigenvalue weighted by Gasteiger charge is -2.09. The van der Waals surface area contributed by atoms with Gasteiger partial charge in [-0.05, 0) is 48.9 Å². The molecule has 0 radical (unpaired) electrons. The van der Waals surface area contributed by atoms with E-state index in [1.54, 1.807) is 31.2 Å². The van der Waals surface area contributed by atoms with Crippen LogP contribution in [0.1, 0.15) is 26.3 Å². The maximum absolute atomic E-state index is 12.2. The van der Waals surface area contributed by atoms with Gasteiger partial charge in [0.1, 0.15) is 0 Å². The third kappa shape index (κ3) is 3.37. The first-order valence-electron chi connectivity index (χ1n) is 7.36. The number of rotatable bonds is 4. The molecular formula is C17H15N3O5. The molecule has 0 fully saturated rings.